The third-order valence-electron chi connectivity index (χ3n) is 3.76. The first-order chi connectivity index (χ1) is 8.04. The van der Waals surface area contributed by atoms with E-state index < -0.39 is 6.04 Å². The molecule has 1 rings (SSSR count). The molecule has 0 saturated carbocycles. The van der Waals surface area contributed by atoms with Crippen LogP contribution in [0, 0.1) is 11.8 Å². The van der Waals surface area contributed by atoms with Crippen molar-refractivity contribution in [3.05, 3.63) is 0 Å². The maximum Gasteiger partial charge on any atom is 0.322 e. The lowest BCUT2D eigenvalue weighted by molar-refractivity contribution is -0.144. The standard InChI is InChI=1S/C13H26N2O2/c1-4-17-13(16)12(14)6-8-15-7-5-10(2)11(3)9-15/h10-12H,4-9,14H2,1-3H3. The zero-order valence-corrected chi connectivity index (χ0v) is 11.3. The molecule has 4 heteroatoms. The van der Waals surface area contributed by atoms with Crippen molar-refractivity contribution in [3.63, 3.8) is 0 Å². The van der Waals surface area contributed by atoms with Crippen molar-refractivity contribution in [2.45, 2.75) is 39.7 Å². The maximum absolute atomic E-state index is 11.4. The number of ether oxygens (including phenoxy) is 1. The van der Waals surface area contributed by atoms with Crippen LogP contribution in [0.2, 0.25) is 0 Å². The highest BCUT2D eigenvalue weighted by molar-refractivity contribution is 5.75. The summed E-state index contributed by atoms with van der Waals surface area (Å²) in [6, 6.07) is -0.468. The van der Waals surface area contributed by atoms with Gasteiger partial charge in [0.25, 0.3) is 0 Å². The summed E-state index contributed by atoms with van der Waals surface area (Å²) in [6.07, 6.45) is 1.94. The third kappa shape index (κ3) is 4.64. The van der Waals surface area contributed by atoms with Crippen molar-refractivity contribution >= 4 is 5.97 Å². The molecule has 2 N–H and O–H groups in total. The molecule has 100 valence electrons. The van der Waals surface area contributed by atoms with E-state index in [-0.39, 0.29) is 5.97 Å². The highest BCUT2D eigenvalue weighted by Crippen LogP contribution is 2.22. The van der Waals surface area contributed by atoms with Gasteiger partial charge < -0.3 is 15.4 Å². The maximum atomic E-state index is 11.4. The molecule has 0 aromatic heterocycles. The Morgan fingerprint density at radius 3 is 2.76 bits per heavy atom. The van der Waals surface area contributed by atoms with Gasteiger partial charge in [-0.3, -0.25) is 4.79 Å². The minimum absolute atomic E-state index is 0.272. The van der Waals surface area contributed by atoms with Crippen molar-refractivity contribution in [2.24, 2.45) is 17.6 Å². The van der Waals surface area contributed by atoms with E-state index in [1.807, 2.05) is 0 Å². The largest absolute Gasteiger partial charge is 0.465 e. The average molecular weight is 242 g/mol. The molecule has 1 saturated heterocycles. The molecule has 0 aromatic carbocycles. The highest BCUT2D eigenvalue weighted by atomic mass is 16.5. The van der Waals surface area contributed by atoms with Crippen LogP contribution in [0.1, 0.15) is 33.6 Å². The third-order valence-corrected chi connectivity index (χ3v) is 3.76. The van der Waals surface area contributed by atoms with E-state index in [2.05, 4.69) is 18.7 Å². The summed E-state index contributed by atoms with van der Waals surface area (Å²) in [5, 5.41) is 0. The number of nitrogens with two attached hydrogens (primary N) is 1. The molecule has 1 heterocycles. The zero-order chi connectivity index (χ0) is 12.8. The Morgan fingerprint density at radius 1 is 1.47 bits per heavy atom. The first kappa shape index (κ1) is 14.5. The number of piperidine rings is 1. The second kappa shape index (κ2) is 6.97. The van der Waals surface area contributed by atoms with Gasteiger partial charge >= 0.3 is 5.97 Å². The van der Waals surface area contributed by atoms with Crippen LogP contribution in [0.3, 0.4) is 0 Å². The Morgan fingerprint density at radius 2 is 2.18 bits per heavy atom. The van der Waals surface area contributed by atoms with E-state index in [9.17, 15) is 4.79 Å². The Hall–Kier alpha value is -0.610. The number of likely N-dealkylation sites (tertiary alicyclic amines) is 1. The van der Waals surface area contributed by atoms with Crippen LogP contribution in [0.4, 0.5) is 0 Å². The lowest BCUT2D eigenvalue weighted by Gasteiger charge is -2.35. The number of esters is 1. The van der Waals surface area contributed by atoms with Crippen molar-refractivity contribution in [1.82, 2.24) is 4.90 Å². The quantitative estimate of drug-likeness (QED) is 0.737. The number of hydrogen-bond acceptors (Lipinski definition) is 4. The second-order valence-electron chi connectivity index (χ2n) is 5.19. The monoisotopic (exact) mass is 242 g/mol. The van der Waals surface area contributed by atoms with Crippen LogP contribution >= 0.6 is 0 Å². The molecular formula is C13H26N2O2. The molecule has 0 radical (unpaired) electrons. The van der Waals surface area contributed by atoms with Gasteiger partial charge in [-0.1, -0.05) is 13.8 Å². The summed E-state index contributed by atoms with van der Waals surface area (Å²) in [5.41, 5.74) is 5.78. The molecular weight excluding hydrogens is 216 g/mol. The number of carbonyl (C=O) groups is 1. The molecule has 0 amide bonds. The molecule has 0 spiro atoms. The van der Waals surface area contributed by atoms with Crippen LogP contribution in [0.15, 0.2) is 0 Å². The van der Waals surface area contributed by atoms with Gasteiger partial charge in [0.05, 0.1) is 6.61 Å². The summed E-state index contributed by atoms with van der Waals surface area (Å²) in [6.45, 7) is 9.96. The molecule has 1 aliphatic rings. The molecule has 1 fully saturated rings. The topological polar surface area (TPSA) is 55.6 Å². The van der Waals surface area contributed by atoms with Crippen LogP contribution < -0.4 is 5.73 Å². The summed E-state index contributed by atoms with van der Waals surface area (Å²) < 4.78 is 4.90. The number of nitrogens with zero attached hydrogens (tertiary/aromatic N) is 1. The summed E-state index contributed by atoms with van der Waals surface area (Å²) in [7, 11) is 0. The van der Waals surface area contributed by atoms with Crippen molar-refractivity contribution in [2.75, 3.05) is 26.2 Å². The zero-order valence-electron chi connectivity index (χ0n) is 11.3. The van der Waals surface area contributed by atoms with Gasteiger partial charge in [0, 0.05) is 13.1 Å². The first-order valence-electron chi connectivity index (χ1n) is 6.69. The SMILES string of the molecule is CCOC(=O)C(N)CCN1CCC(C)C(C)C1. The van der Waals surface area contributed by atoms with Crippen molar-refractivity contribution < 1.29 is 9.53 Å². The Kier molecular flexibility index (Phi) is 5.92. The second-order valence-corrected chi connectivity index (χ2v) is 5.19. The molecule has 0 aliphatic carbocycles. The number of rotatable bonds is 5. The Bertz CT molecular complexity index is 246. The normalized spacial score (nSPS) is 27.8. The van der Waals surface area contributed by atoms with E-state index in [1.165, 1.54) is 6.42 Å². The molecule has 1 aliphatic heterocycles. The lowest BCUT2D eigenvalue weighted by atomic mass is 9.88. The predicted molar refractivity (Wildman–Crippen MR) is 68.6 cm³/mol. The van der Waals surface area contributed by atoms with E-state index in [0.717, 1.165) is 31.5 Å². The lowest BCUT2D eigenvalue weighted by Crippen LogP contribution is -2.42. The molecule has 3 unspecified atom stereocenters. The molecule has 4 nitrogen and oxygen atoms in total. The van der Waals surface area contributed by atoms with E-state index >= 15 is 0 Å². The Labute approximate surface area is 104 Å². The predicted octanol–water partition coefficient (Wildman–Crippen LogP) is 1.24. The van der Waals surface area contributed by atoms with E-state index in [1.54, 1.807) is 6.92 Å². The van der Waals surface area contributed by atoms with Gasteiger partial charge in [-0.25, -0.2) is 0 Å². The van der Waals surface area contributed by atoms with Gasteiger partial charge in [0.15, 0.2) is 0 Å². The van der Waals surface area contributed by atoms with Gasteiger partial charge in [-0.15, -0.1) is 0 Å². The van der Waals surface area contributed by atoms with E-state index in [0.29, 0.717) is 13.0 Å². The van der Waals surface area contributed by atoms with Crippen molar-refractivity contribution in [1.29, 1.82) is 0 Å². The molecule has 0 bridgehead atoms. The van der Waals surface area contributed by atoms with Gasteiger partial charge in [-0.2, -0.15) is 0 Å². The number of carbonyl (C=O) groups excluding carboxylic acids is 1. The van der Waals surface area contributed by atoms with Gasteiger partial charge in [-0.05, 0) is 38.1 Å². The Balaban J connectivity index is 2.24. The fourth-order valence-corrected chi connectivity index (χ4v) is 2.24. The summed E-state index contributed by atoms with van der Waals surface area (Å²) in [5.74, 6) is 1.28. The van der Waals surface area contributed by atoms with Crippen LogP contribution in [-0.2, 0) is 9.53 Å². The minimum atomic E-state index is -0.468. The summed E-state index contributed by atoms with van der Waals surface area (Å²) in [4.78, 5) is 13.8. The van der Waals surface area contributed by atoms with Crippen molar-refractivity contribution in [3.8, 4) is 0 Å². The van der Waals surface area contributed by atoms with Gasteiger partial charge in [0.2, 0.25) is 0 Å². The number of hydrogen-bond donors (Lipinski definition) is 1. The minimum Gasteiger partial charge on any atom is -0.465 e. The average Bonchev–Trinajstić information content (AvgIpc) is 2.30. The van der Waals surface area contributed by atoms with Crippen LogP contribution in [0.25, 0.3) is 0 Å². The first-order valence-corrected chi connectivity index (χ1v) is 6.69. The fourth-order valence-electron chi connectivity index (χ4n) is 2.24. The van der Waals surface area contributed by atoms with Gasteiger partial charge in [0.1, 0.15) is 6.04 Å². The summed E-state index contributed by atoms with van der Waals surface area (Å²) >= 11 is 0. The molecule has 17 heavy (non-hydrogen) atoms. The van der Waals surface area contributed by atoms with E-state index in [4.69, 9.17) is 10.5 Å². The fraction of sp³-hybridized carbons (Fsp3) is 0.923. The van der Waals surface area contributed by atoms with Crippen LogP contribution in [-0.4, -0.2) is 43.2 Å². The smallest absolute Gasteiger partial charge is 0.322 e. The van der Waals surface area contributed by atoms with Crippen LogP contribution in [0.5, 0.6) is 0 Å². The molecule has 0 aromatic rings. The molecule has 3 atom stereocenters. The highest BCUT2D eigenvalue weighted by Gasteiger charge is 2.23.